The second kappa shape index (κ2) is 5.67. The van der Waals surface area contributed by atoms with Crippen molar-refractivity contribution in [3.05, 3.63) is 0 Å². The molecule has 5 heteroatoms. The van der Waals surface area contributed by atoms with E-state index < -0.39 is 18.8 Å². The summed E-state index contributed by atoms with van der Waals surface area (Å²) in [5, 5.41) is 0. The van der Waals surface area contributed by atoms with E-state index >= 15 is 0 Å². The zero-order chi connectivity index (χ0) is 19.1. The molecule has 2 unspecified atom stereocenters. The van der Waals surface area contributed by atoms with Crippen LogP contribution in [0.2, 0.25) is 0 Å². The van der Waals surface area contributed by atoms with Gasteiger partial charge in [-0.3, -0.25) is 9.36 Å². The Hall–Kier alpha value is -0.180. The van der Waals surface area contributed by atoms with E-state index in [0.29, 0.717) is 6.54 Å². The second-order valence-corrected chi connectivity index (χ2v) is 13.9. The summed E-state index contributed by atoms with van der Waals surface area (Å²) in [4.78, 5) is 13.8. The Labute approximate surface area is 158 Å². The Kier molecular flexibility index (Phi) is 4.18. The Bertz CT molecular complexity index is 627. The van der Waals surface area contributed by atoms with E-state index in [0.717, 1.165) is 37.0 Å². The number of hydrogen-bond acceptors (Lipinski definition) is 3. The number of nitrogens with zero attached hydrogens (tertiary/aromatic N) is 1. The maximum Gasteiger partial charge on any atom is 0.283 e. The molecule has 26 heavy (non-hydrogen) atoms. The van der Waals surface area contributed by atoms with Gasteiger partial charge in [0.25, 0.3) is 7.52 Å². The minimum absolute atomic E-state index is 0.217. The molecule has 4 saturated carbocycles. The van der Waals surface area contributed by atoms with Gasteiger partial charge in [0.15, 0.2) is 5.78 Å². The third-order valence-corrected chi connectivity index (χ3v) is 10.8. The van der Waals surface area contributed by atoms with Crippen LogP contribution in [0.1, 0.15) is 80.1 Å². The van der Waals surface area contributed by atoms with Crippen LogP contribution >= 0.6 is 7.52 Å². The van der Waals surface area contributed by atoms with Crippen LogP contribution in [0.15, 0.2) is 0 Å². The Morgan fingerprint density at radius 1 is 1.08 bits per heavy atom. The molecule has 2 atom stereocenters. The van der Waals surface area contributed by atoms with Gasteiger partial charge in [0.05, 0.1) is 5.60 Å². The fourth-order valence-corrected chi connectivity index (χ4v) is 10.2. The molecule has 1 aliphatic heterocycles. The average Bonchev–Trinajstić information content (AvgIpc) is 2.75. The number of rotatable bonds is 3. The summed E-state index contributed by atoms with van der Waals surface area (Å²) in [6.07, 6.45) is 7.03. The van der Waals surface area contributed by atoms with Crippen molar-refractivity contribution in [3.63, 3.8) is 0 Å². The molecule has 0 N–H and O–H groups in total. The molecule has 0 spiro atoms. The van der Waals surface area contributed by atoms with E-state index in [1.807, 2.05) is 25.4 Å². The summed E-state index contributed by atoms with van der Waals surface area (Å²) >= 11 is 0. The minimum atomic E-state index is -3.21. The van der Waals surface area contributed by atoms with Gasteiger partial charge in [-0.1, -0.05) is 0 Å². The molecule has 0 aromatic rings. The zero-order valence-electron chi connectivity index (χ0n) is 17.4. The van der Waals surface area contributed by atoms with Crippen molar-refractivity contribution in [1.82, 2.24) is 4.67 Å². The highest BCUT2D eigenvalue weighted by Crippen LogP contribution is 2.68. The number of Topliss-reactive ketones (excluding diaryl/α,β-unsaturated/α-hetero) is 1. The summed E-state index contributed by atoms with van der Waals surface area (Å²) in [6.45, 7) is 12.7. The van der Waals surface area contributed by atoms with E-state index in [1.54, 1.807) is 0 Å². The summed E-state index contributed by atoms with van der Waals surface area (Å²) in [6, 6.07) is 0. The monoisotopic (exact) mass is 381 g/mol. The van der Waals surface area contributed by atoms with E-state index in [1.165, 1.54) is 19.3 Å². The third kappa shape index (κ3) is 2.86. The van der Waals surface area contributed by atoms with Crippen LogP contribution in [-0.4, -0.2) is 33.8 Å². The molecular formula is C21H36NO3P. The lowest BCUT2D eigenvalue weighted by atomic mass is 9.48. The maximum absolute atomic E-state index is 14.1. The smallest absolute Gasteiger partial charge is 0.283 e. The number of carbonyl (C=O) groups excluding carboxylic acids is 1. The van der Waals surface area contributed by atoms with Crippen LogP contribution < -0.4 is 0 Å². The van der Waals surface area contributed by atoms with Crippen molar-refractivity contribution in [2.24, 2.45) is 23.2 Å². The molecule has 4 nitrogen and oxygen atoms in total. The largest absolute Gasteiger partial charge is 0.309 e. The van der Waals surface area contributed by atoms with Gasteiger partial charge in [0.1, 0.15) is 5.66 Å². The topological polar surface area (TPSA) is 46.6 Å². The molecule has 5 fully saturated rings. The molecule has 1 heterocycles. The molecule has 0 aromatic heterocycles. The van der Waals surface area contributed by atoms with Crippen LogP contribution in [0.3, 0.4) is 0 Å². The highest BCUT2D eigenvalue weighted by Gasteiger charge is 2.61. The highest BCUT2D eigenvalue weighted by molar-refractivity contribution is 7.58. The van der Waals surface area contributed by atoms with E-state index in [-0.39, 0.29) is 16.7 Å². The van der Waals surface area contributed by atoms with Gasteiger partial charge in [-0.05, 0) is 97.8 Å². The number of hydrogen-bond donors (Lipinski definition) is 0. The van der Waals surface area contributed by atoms with Crippen molar-refractivity contribution in [2.45, 2.75) is 96.9 Å². The molecule has 0 aromatic carbocycles. The molecule has 4 bridgehead atoms. The summed E-state index contributed by atoms with van der Waals surface area (Å²) in [7, 11) is -3.21. The minimum Gasteiger partial charge on any atom is -0.309 e. The first kappa shape index (κ1) is 19.2. The SMILES string of the molecule is CC(C(=O)C12CC3CC(CC(C3)C1)C2)P1(=O)OC(C)(C)CN1C(C)(C)C. The molecule has 5 aliphatic rings. The van der Waals surface area contributed by atoms with Crippen LogP contribution in [0.25, 0.3) is 0 Å². The van der Waals surface area contributed by atoms with Crippen molar-refractivity contribution >= 4 is 13.3 Å². The maximum atomic E-state index is 14.1. The van der Waals surface area contributed by atoms with Gasteiger partial charge in [-0.25, -0.2) is 4.67 Å². The van der Waals surface area contributed by atoms with E-state index in [9.17, 15) is 9.36 Å². The molecular weight excluding hydrogens is 345 g/mol. The number of carbonyl (C=O) groups is 1. The molecule has 1 saturated heterocycles. The first-order valence-electron chi connectivity index (χ1n) is 10.5. The lowest BCUT2D eigenvalue weighted by Gasteiger charge is -2.56. The lowest BCUT2D eigenvalue weighted by molar-refractivity contribution is -0.143. The fraction of sp³-hybridized carbons (Fsp3) is 0.952. The highest BCUT2D eigenvalue weighted by atomic mass is 31.2. The molecule has 0 radical (unpaired) electrons. The zero-order valence-corrected chi connectivity index (χ0v) is 18.3. The van der Waals surface area contributed by atoms with Gasteiger partial charge in [0, 0.05) is 17.5 Å². The van der Waals surface area contributed by atoms with Gasteiger partial charge >= 0.3 is 0 Å². The Balaban J connectivity index is 1.65. The summed E-state index contributed by atoms with van der Waals surface area (Å²) in [5.74, 6) is 2.40. The second-order valence-electron chi connectivity index (χ2n) is 11.4. The quantitative estimate of drug-likeness (QED) is 0.626. The Morgan fingerprint density at radius 2 is 1.54 bits per heavy atom. The van der Waals surface area contributed by atoms with Crippen molar-refractivity contribution in [2.75, 3.05) is 6.54 Å². The molecule has 0 amide bonds. The normalized spacial score (nSPS) is 45.8. The van der Waals surface area contributed by atoms with Crippen LogP contribution in [-0.2, 0) is 13.9 Å². The summed E-state index contributed by atoms with van der Waals surface area (Å²) in [5.41, 5.74) is -1.50. The molecule has 5 rings (SSSR count). The van der Waals surface area contributed by atoms with Gasteiger partial charge in [0.2, 0.25) is 0 Å². The first-order valence-corrected chi connectivity index (χ1v) is 12.1. The van der Waals surface area contributed by atoms with Gasteiger partial charge in [-0.2, -0.15) is 0 Å². The van der Waals surface area contributed by atoms with Crippen LogP contribution in [0.5, 0.6) is 0 Å². The van der Waals surface area contributed by atoms with Crippen LogP contribution in [0.4, 0.5) is 0 Å². The predicted molar refractivity (Wildman–Crippen MR) is 104 cm³/mol. The van der Waals surface area contributed by atoms with Crippen LogP contribution in [0, 0.1) is 23.2 Å². The van der Waals surface area contributed by atoms with E-state index in [4.69, 9.17) is 4.52 Å². The number of ketones is 1. The van der Waals surface area contributed by atoms with Gasteiger partial charge < -0.3 is 4.52 Å². The fourth-order valence-electron chi connectivity index (χ4n) is 6.84. The lowest BCUT2D eigenvalue weighted by Crippen LogP contribution is -2.53. The Morgan fingerprint density at radius 3 is 1.96 bits per heavy atom. The standard InChI is InChI=1S/C21H36NO3P/c1-14(26(24)22(19(2,3)4)13-20(5,6)25-26)18(23)21-10-15-7-16(11-21)9-17(8-15)12-21/h14-17H,7-13H2,1-6H3. The molecule has 148 valence electrons. The average molecular weight is 381 g/mol. The predicted octanol–water partition coefficient (Wildman–Crippen LogP) is 5.26. The third-order valence-electron chi connectivity index (χ3n) is 7.45. The summed E-state index contributed by atoms with van der Waals surface area (Å²) < 4.78 is 22.3. The van der Waals surface area contributed by atoms with Crippen molar-refractivity contribution < 1.29 is 13.9 Å². The first-order chi connectivity index (χ1) is 11.8. The van der Waals surface area contributed by atoms with E-state index in [2.05, 4.69) is 20.8 Å². The van der Waals surface area contributed by atoms with Crippen molar-refractivity contribution in [1.29, 1.82) is 0 Å². The molecule has 4 aliphatic carbocycles. The van der Waals surface area contributed by atoms with Crippen molar-refractivity contribution in [3.8, 4) is 0 Å². The van der Waals surface area contributed by atoms with Gasteiger partial charge in [-0.15, -0.1) is 0 Å².